The van der Waals surface area contributed by atoms with E-state index in [-0.39, 0.29) is 11.5 Å². The number of hydrogen-bond donors (Lipinski definition) is 1. The molecule has 5 heteroatoms. The van der Waals surface area contributed by atoms with Gasteiger partial charge < -0.3 is 14.5 Å². The lowest BCUT2D eigenvalue weighted by Crippen LogP contribution is -2.26. The van der Waals surface area contributed by atoms with Crippen LogP contribution in [0.15, 0.2) is 35.3 Å². The Hall–Kier alpha value is -2.14. The lowest BCUT2D eigenvalue weighted by atomic mass is 10.1. The molecule has 1 unspecified atom stereocenters. The zero-order valence-corrected chi connectivity index (χ0v) is 15.5. The Morgan fingerprint density at radius 1 is 1.23 bits per heavy atom. The van der Waals surface area contributed by atoms with E-state index in [0.717, 1.165) is 56.5 Å². The van der Waals surface area contributed by atoms with E-state index in [4.69, 9.17) is 9.47 Å². The molecule has 2 aromatic rings. The molecular formula is C21H28N2O3. The molecule has 5 nitrogen and oxygen atoms in total. The van der Waals surface area contributed by atoms with Gasteiger partial charge in [-0.25, -0.2) is 0 Å². The van der Waals surface area contributed by atoms with Crippen molar-refractivity contribution in [3.8, 4) is 5.88 Å². The highest BCUT2D eigenvalue weighted by molar-refractivity contribution is 5.19. The van der Waals surface area contributed by atoms with Crippen molar-refractivity contribution >= 4 is 0 Å². The van der Waals surface area contributed by atoms with E-state index >= 15 is 0 Å². The van der Waals surface area contributed by atoms with E-state index in [9.17, 15) is 4.79 Å². The van der Waals surface area contributed by atoms with Crippen molar-refractivity contribution in [1.29, 1.82) is 0 Å². The van der Waals surface area contributed by atoms with Crippen LogP contribution in [0.2, 0.25) is 0 Å². The first kappa shape index (κ1) is 18.6. The van der Waals surface area contributed by atoms with Crippen LogP contribution in [-0.2, 0) is 24.0 Å². The van der Waals surface area contributed by atoms with Crippen LogP contribution in [0.25, 0.3) is 0 Å². The Balaban J connectivity index is 1.55. The third-order valence-electron chi connectivity index (χ3n) is 4.65. The zero-order chi connectivity index (χ0) is 18.2. The van der Waals surface area contributed by atoms with Gasteiger partial charge in [-0.3, -0.25) is 9.78 Å². The third kappa shape index (κ3) is 5.70. The summed E-state index contributed by atoms with van der Waals surface area (Å²) in [7, 11) is 0. The predicted molar refractivity (Wildman–Crippen MR) is 102 cm³/mol. The summed E-state index contributed by atoms with van der Waals surface area (Å²) in [6, 6.07) is 7.35. The van der Waals surface area contributed by atoms with Crippen LogP contribution in [0.1, 0.15) is 49.6 Å². The SMILES string of the molecule is CCCc1ccc(CCc2cc(=O)cc(OCC3CCCCO3)[nH]2)nc1. The molecule has 1 fully saturated rings. The molecule has 140 valence electrons. The molecule has 1 aliphatic heterocycles. The fourth-order valence-corrected chi connectivity index (χ4v) is 3.21. The molecule has 0 aromatic carbocycles. The van der Waals surface area contributed by atoms with Crippen LogP contribution in [0.3, 0.4) is 0 Å². The van der Waals surface area contributed by atoms with Crippen molar-refractivity contribution in [2.24, 2.45) is 0 Å². The molecular weight excluding hydrogens is 328 g/mol. The summed E-state index contributed by atoms with van der Waals surface area (Å²) < 4.78 is 11.4. The normalized spacial score (nSPS) is 17.2. The topological polar surface area (TPSA) is 64.2 Å². The van der Waals surface area contributed by atoms with Gasteiger partial charge in [0, 0.05) is 36.3 Å². The molecule has 0 spiro atoms. The first-order valence-electron chi connectivity index (χ1n) is 9.64. The van der Waals surface area contributed by atoms with E-state index < -0.39 is 0 Å². The van der Waals surface area contributed by atoms with Crippen molar-refractivity contribution < 1.29 is 9.47 Å². The third-order valence-corrected chi connectivity index (χ3v) is 4.65. The summed E-state index contributed by atoms with van der Waals surface area (Å²) in [6.07, 6.45) is 9.09. The second kappa shape index (κ2) is 9.53. The van der Waals surface area contributed by atoms with Crippen LogP contribution >= 0.6 is 0 Å². The summed E-state index contributed by atoms with van der Waals surface area (Å²) in [4.78, 5) is 19.7. The first-order chi connectivity index (χ1) is 12.7. The van der Waals surface area contributed by atoms with Crippen LogP contribution in [0.5, 0.6) is 5.88 Å². The standard InChI is InChI=1S/C21H28N2O3/c1-2-5-16-7-8-17(22-14-16)9-10-18-12-19(24)13-21(23-18)26-15-20-6-3-4-11-25-20/h7-8,12-14,20H,2-6,9-11,15H2,1H3,(H,23,24). The van der Waals surface area contributed by atoms with Gasteiger partial charge in [-0.15, -0.1) is 0 Å². The van der Waals surface area contributed by atoms with Gasteiger partial charge in [-0.2, -0.15) is 0 Å². The van der Waals surface area contributed by atoms with Crippen molar-refractivity contribution in [3.63, 3.8) is 0 Å². The number of rotatable bonds is 8. The highest BCUT2D eigenvalue weighted by Crippen LogP contribution is 2.14. The molecule has 0 aliphatic carbocycles. The molecule has 0 amide bonds. The largest absolute Gasteiger partial charge is 0.476 e. The molecule has 1 atom stereocenters. The van der Waals surface area contributed by atoms with Crippen molar-refractivity contribution in [2.45, 2.75) is 58.0 Å². The molecule has 2 aromatic heterocycles. The molecule has 26 heavy (non-hydrogen) atoms. The van der Waals surface area contributed by atoms with Gasteiger partial charge in [0.25, 0.3) is 0 Å². The maximum absolute atomic E-state index is 11.9. The molecule has 1 aliphatic rings. The number of hydrogen-bond acceptors (Lipinski definition) is 4. The van der Waals surface area contributed by atoms with Gasteiger partial charge in [-0.1, -0.05) is 19.4 Å². The number of nitrogens with zero attached hydrogens (tertiary/aromatic N) is 1. The quantitative estimate of drug-likeness (QED) is 0.787. The minimum absolute atomic E-state index is 0.0374. The fraction of sp³-hybridized carbons (Fsp3) is 0.524. The monoisotopic (exact) mass is 356 g/mol. The Kier molecular flexibility index (Phi) is 6.83. The fourth-order valence-electron chi connectivity index (χ4n) is 3.21. The number of aromatic nitrogens is 2. The van der Waals surface area contributed by atoms with Crippen LogP contribution in [0, 0.1) is 0 Å². The number of H-pyrrole nitrogens is 1. The van der Waals surface area contributed by atoms with E-state index in [1.54, 1.807) is 6.07 Å². The molecule has 0 bridgehead atoms. The minimum atomic E-state index is -0.0374. The van der Waals surface area contributed by atoms with E-state index in [2.05, 4.69) is 29.0 Å². The summed E-state index contributed by atoms with van der Waals surface area (Å²) in [5.41, 5.74) is 3.14. The van der Waals surface area contributed by atoms with Crippen molar-refractivity contribution in [1.82, 2.24) is 9.97 Å². The number of aryl methyl sites for hydroxylation is 3. The average molecular weight is 356 g/mol. The van der Waals surface area contributed by atoms with E-state index in [1.807, 2.05) is 6.20 Å². The molecule has 3 rings (SSSR count). The van der Waals surface area contributed by atoms with Crippen molar-refractivity contribution in [3.05, 3.63) is 57.6 Å². The number of ether oxygens (including phenoxy) is 2. The summed E-state index contributed by atoms with van der Waals surface area (Å²) in [5, 5.41) is 0. The number of aromatic amines is 1. The van der Waals surface area contributed by atoms with Gasteiger partial charge in [0.15, 0.2) is 11.3 Å². The van der Waals surface area contributed by atoms with Crippen LogP contribution < -0.4 is 10.2 Å². The first-order valence-corrected chi connectivity index (χ1v) is 9.64. The second-order valence-corrected chi connectivity index (χ2v) is 6.91. The van der Waals surface area contributed by atoms with Gasteiger partial charge in [0.05, 0.1) is 6.10 Å². The van der Waals surface area contributed by atoms with E-state index in [1.165, 1.54) is 18.1 Å². The van der Waals surface area contributed by atoms with Crippen LogP contribution in [-0.4, -0.2) is 29.3 Å². The molecule has 1 saturated heterocycles. The maximum Gasteiger partial charge on any atom is 0.194 e. The van der Waals surface area contributed by atoms with Gasteiger partial charge in [-0.05, 0) is 50.2 Å². The number of nitrogens with one attached hydrogen (secondary N) is 1. The molecule has 0 saturated carbocycles. The Morgan fingerprint density at radius 3 is 2.88 bits per heavy atom. The van der Waals surface area contributed by atoms with Gasteiger partial charge in [0.1, 0.15) is 6.61 Å². The van der Waals surface area contributed by atoms with Crippen LogP contribution in [0.4, 0.5) is 0 Å². The van der Waals surface area contributed by atoms with E-state index in [0.29, 0.717) is 12.5 Å². The minimum Gasteiger partial charge on any atom is -0.476 e. The van der Waals surface area contributed by atoms with Gasteiger partial charge >= 0.3 is 0 Å². The molecule has 3 heterocycles. The average Bonchev–Trinajstić information content (AvgIpc) is 2.67. The van der Waals surface area contributed by atoms with Gasteiger partial charge in [0.2, 0.25) is 0 Å². The molecule has 1 N–H and O–H groups in total. The highest BCUT2D eigenvalue weighted by Gasteiger charge is 2.14. The predicted octanol–water partition coefficient (Wildman–Crippen LogP) is 3.46. The lowest BCUT2D eigenvalue weighted by molar-refractivity contribution is -0.0120. The zero-order valence-electron chi connectivity index (χ0n) is 15.5. The molecule has 0 radical (unpaired) electrons. The maximum atomic E-state index is 11.9. The Morgan fingerprint density at radius 2 is 2.15 bits per heavy atom. The highest BCUT2D eigenvalue weighted by atomic mass is 16.5. The smallest absolute Gasteiger partial charge is 0.194 e. The second-order valence-electron chi connectivity index (χ2n) is 6.91. The summed E-state index contributed by atoms with van der Waals surface area (Å²) >= 11 is 0. The number of pyridine rings is 2. The lowest BCUT2D eigenvalue weighted by Gasteiger charge is -2.22. The Labute approximate surface area is 154 Å². The summed E-state index contributed by atoms with van der Waals surface area (Å²) in [5.74, 6) is 0.521. The Bertz CT molecular complexity index is 734. The van der Waals surface area contributed by atoms with Crippen molar-refractivity contribution in [2.75, 3.05) is 13.2 Å². The summed E-state index contributed by atoms with van der Waals surface area (Å²) in [6.45, 7) is 3.45.